The molecule has 0 bridgehead atoms. The fourth-order valence-electron chi connectivity index (χ4n) is 1.95. The average molecular weight is 171 g/mol. The zero-order valence-electron chi connectivity index (χ0n) is 7.70. The lowest BCUT2D eigenvalue weighted by atomic mass is 10.2. The summed E-state index contributed by atoms with van der Waals surface area (Å²) >= 11 is 0. The first-order chi connectivity index (χ1) is 5.70. The van der Waals surface area contributed by atoms with E-state index in [2.05, 4.69) is 18.7 Å². The molecular weight excluding hydrogens is 154 g/mol. The molecule has 12 heavy (non-hydrogen) atoms. The fourth-order valence-corrected chi connectivity index (χ4v) is 1.95. The van der Waals surface area contributed by atoms with E-state index in [4.69, 9.17) is 10.2 Å². The third kappa shape index (κ3) is 1.55. The summed E-state index contributed by atoms with van der Waals surface area (Å²) in [7, 11) is 0. The molecule has 0 aliphatic carbocycles. The Morgan fingerprint density at radius 2 is 1.92 bits per heavy atom. The molecule has 1 heterocycles. The van der Waals surface area contributed by atoms with Crippen LogP contribution in [-0.4, -0.2) is 33.8 Å². The maximum absolute atomic E-state index is 8.95. The summed E-state index contributed by atoms with van der Waals surface area (Å²) in [6.07, 6.45) is 3.29. The minimum atomic E-state index is -0.0782. The van der Waals surface area contributed by atoms with Gasteiger partial charge in [-0.3, -0.25) is 0 Å². The highest BCUT2D eigenvalue weighted by Crippen LogP contribution is 2.27. The SMILES string of the molecule is CC1CCC(C)N1/C(=C\O)CO. The summed E-state index contributed by atoms with van der Waals surface area (Å²) in [5, 5.41) is 17.8. The van der Waals surface area contributed by atoms with Gasteiger partial charge < -0.3 is 15.1 Å². The van der Waals surface area contributed by atoms with E-state index in [1.54, 1.807) is 0 Å². The summed E-state index contributed by atoms with van der Waals surface area (Å²) < 4.78 is 0. The molecule has 0 aromatic carbocycles. The van der Waals surface area contributed by atoms with Gasteiger partial charge in [-0.2, -0.15) is 0 Å². The van der Waals surface area contributed by atoms with Crippen LogP contribution in [0.2, 0.25) is 0 Å². The lowest BCUT2D eigenvalue weighted by Gasteiger charge is -2.29. The lowest BCUT2D eigenvalue weighted by Crippen LogP contribution is -2.33. The summed E-state index contributed by atoms with van der Waals surface area (Å²) in [6, 6.07) is 0.871. The first kappa shape index (κ1) is 9.39. The molecule has 0 aromatic heterocycles. The molecule has 2 unspecified atom stereocenters. The molecule has 1 aliphatic heterocycles. The van der Waals surface area contributed by atoms with Crippen LogP contribution in [0.15, 0.2) is 12.0 Å². The Hall–Kier alpha value is -0.700. The van der Waals surface area contributed by atoms with E-state index in [0.29, 0.717) is 17.8 Å². The highest BCUT2D eigenvalue weighted by atomic mass is 16.3. The predicted molar refractivity (Wildman–Crippen MR) is 47.8 cm³/mol. The molecule has 0 aromatic rings. The minimum absolute atomic E-state index is 0.0782. The Morgan fingerprint density at radius 3 is 2.25 bits per heavy atom. The first-order valence-corrected chi connectivity index (χ1v) is 4.43. The van der Waals surface area contributed by atoms with Crippen LogP contribution in [-0.2, 0) is 0 Å². The predicted octanol–water partition coefficient (Wildman–Crippen LogP) is 1.25. The van der Waals surface area contributed by atoms with Gasteiger partial charge in [0.15, 0.2) is 0 Å². The van der Waals surface area contributed by atoms with Crippen molar-refractivity contribution >= 4 is 0 Å². The van der Waals surface area contributed by atoms with Crippen molar-refractivity contribution in [1.82, 2.24) is 4.90 Å². The van der Waals surface area contributed by atoms with Crippen LogP contribution >= 0.6 is 0 Å². The van der Waals surface area contributed by atoms with Crippen molar-refractivity contribution in [3.63, 3.8) is 0 Å². The third-order valence-corrected chi connectivity index (χ3v) is 2.59. The highest BCUT2D eigenvalue weighted by Gasteiger charge is 2.28. The van der Waals surface area contributed by atoms with Crippen LogP contribution in [0.1, 0.15) is 26.7 Å². The van der Waals surface area contributed by atoms with Gasteiger partial charge in [-0.05, 0) is 26.7 Å². The Balaban J connectivity index is 2.71. The fraction of sp³-hybridized carbons (Fsp3) is 0.778. The monoisotopic (exact) mass is 171 g/mol. The van der Waals surface area contributed by atoms with Crippen molar-refractivity contribution in [3.05, 3.63) is 12.0 Å². The zero-order chi connectivity index (χ0) is 9.14. The molecule has 0 radical (unpaired) electrons. The topological polar surface area (TPSA) is 43.7 Å². The summed E-state index contributed by atoms with van der Waals surface area (Å²) in [4.78, 5) is 2.08. The van der Waals surface area contributed by atoms with Crippen molar-refractivity contribution in [3.8, 4) is 0 Å². The van der Waals surface area contributed by atoms with Gasteiger partial charge in [-0.1, -0.05) is 0 Å². The van der Waals surface area contributed by atoms with Crippen molar-refractivity contribution in [1.29, 1.82) is 0 Å². The second-order valence-electron chi connectivity index (χ2n) is 3.46. The molecule has 1 saturated heterocycles. The molecule has 3 nitrogen and oxygen atoms in total. The van der Waals surface area contributed by atoms with Crippen molar-refractivity contribution in [2.75, 3.05) is 6.61 Å². The maximum atomic E-state index is 8.95. The summed E-state index contributed by atoms with van der Waals surface area (Å²) in [5.41, 5.74) is 0.632. The maximum Gasteiger partial charge on any atom is 0.101 e. The van der Waals surface area contributed by atoms with Gasteiger partial charge in [-0.25, -0.2) is 0 Å². The van der Waals surface area contributed by atoms with E-state index >= 15 is 0 Å². The molecule has 1 aliphatic rings. The van der Waals surface area contributed by atoms with Crippen LogP contribution in [0.5, 0.6) is 0 Å². The number of hydrogen-bond acceptors (Lipinski definition) is 3. The minimum Gasteiger partial charge on any atom is -0.514 e. The van der Waals surface area contributed by atoms with E-state index in [-0.39, 0.29) is 6.61 Å². The van der Waals surface area contributed by atoms with E-state index in [9.17, 15) is 0 Å². The Kier molecular flexibility index (Phi) is 2.98. The Bertz CT molecular complexity index is 169. The Morgan fingerprint density at radius 1 is 1.42 bits per heavy atom. The molecule has 70 valence electrons. The second kappa shape index (κ2) is 3.81. The standard InChI is InChI=1S/C9H17NO2/c1-7-3-4-8(2)10(7)9(5-11)6-12/h5,7-8,11-12H,3-4,6H2,1-2H3/b9-5-. The van der Waals surface area contributed by atoms with E-state index in [0.717, 1.165) is 19.1 Å². The van der Waals surface area contributed by atoms with Gasteiger partial charge in [-0.15, -0.1) is 0 Å². The van der Waals surface area contributed by atoms with Crippen LogP contribution in [0, 0.1) is 0 Å². The van der Waals surface area contributed by atoms with Gasteiger partial charge in [0.2, 0.25) is 0 Å². The number of aliphatic hydroxyl groups excluding tert-OH is 2. The Labute approximate surface area is 73.3 Å². The third-order valence-electron chi connectivity index (χ3n) is 2.59. The molecule has 2 N–H and O–H groups in total. The van der Waals surface area contributed by atoms with Crippen molar-refractivity contribution in [2.45, 2.75) is 38.8 Å². The lowest BCUT2D eigenvalue weighted by molar-refractivity contribution is 0.206. The number of hydrogen-bond donors (Lipinski definition) is 2. The quantitative estimate of drug-likeness (QED) is 0.614. The molecule has 0 amide bonds. The largest absolute Gasteiger partial charge is 0.514 e. The van der Waals surface area contributed by atoms with E-state index < -0.39 is 0 Å². The van der Waals surface area contributed by atoms with Crippen molar-refractivity contribution < 1.29 is 10.2 Å². The smallest absolute Gasteiger partial charge is 0.101 e. The average Bonchev–Trinajstić information content (AvgIpc) is 2.38. The van der Waals surface area contributed by atoms with Gasteiger partial charge in [0, 0.05) is 12.1 Å². The van der Waals surface area contributed by atoms with Crippen LogP contribution < -0.4 is 0 Å². The van der Waals surface area contributed by atoms with Crippen LogP contribution in [0.4, 0.5) is 0 Å². The molecule has 2 atom stereocenters. The molecule has 1 fully saturated rings. The molecule has 0 saturated carbocycles. The van der Waals surface area contributed by atoms with Crippen LogP contribution in [0.3, 0.4) is 0 Å². The molecular formula is C9H17NO2. The number of rotatable bonds is 2. The summed E-state index contributed by atoms with van der Waals surface area (Å²) in [5.74, 6) is 0. The molecule has 1 rings (SSSR count). The van der Waals surface area contributed by atoms with Crippen molar-refractivity contribution in [2.24, 2.45) is 0 Å². The van der Waals surface area contributed by atoms with Crippen LogP contribution in [0.25, 0.3) is 0 Å². The zero-order valence-corrected chi connectivity index (χ0v) is 7.70. The van der Waals surface area contributed by atoms with Gasteiger partial charge in [0.05, 0.1) is 12.3 Å². The number of aliphatic hydroxyl groups is 2. The summed E-state index contributed by atoms with van der Waals surface area (Å²) in [6.45, 7) is 4.15. The normalized spacial score (nSPS) is 31.2. The van der Waals surface area contributed by atoms with Gasteiger partial charge >= 0.3 is 0 Å². The van der Waals surface area contributed by atoms with E-state index in [1.807, 2.05) is 0 Å². The van der Waals surface area contributed by atoms with E-state index in [1.165, 1.54) is 0 Å². The second-order valence-corrected chi connectivity index (χ2v) is 3.46. The number of nitrogens with zero attached hydrogens (tertiary/aromatic N) is 1. The first-order valence-electron chi connectivity index (χ1n) is 4.43. The van der Waals surface area contributed by atoms with Gasteiger partial charge in [0.1, 0.15) is 6.26 Å². The highest BCUT2D eigenvalue weighted by molar-refractivity contribution is 5.03. The molecule has 3 heteroatoms. The number of likely N-dealkylation sites (tertiary alicyclic amines) is 1. The molecule has 0 spiro atoms. The van der Waals surface area contributed by atoms with Gasteiger partial charge in [0.25, 0.3) is 0 Å².